The summed E-state index contributed by atoms with van der Waals surface area (Å²) in [4.78, 5) is 40.6. The lowest BCUT2D eigenvalue weighted by atomic mass is 10.1. The summed E-state index contributed by atoms with van der Waals surface area (Å²) in [5.41, 5.74) is 1.04. The van der Waals surface area contributed by atoms with Crippen molar-refractivity contribution in [3.63, 3.8) is 0 Å². The van der Waals surface area contributed by atoms with Gasteiger partial charge in [0.2, 0.25) is 11.8 Å². The zero-order valence-corrected chi connectivity index (χ0v) is 18.2. The van der Waals surface area contributed by atoms with E-state index < -0.39 is 6.04 Å². The Hall–Kier alpha value is -2.80. The van der Waals surface area contributed by atoms with Crippen LogP contribution in [0.5, 0.6) is 0 Å². The third-order valence-corrected chi connectivity index (χ3v) is 6.19. The molecule has 2 heterocycles. The Balaban J connectivity index is 1.72. The molecule has 6 nitrogen and oxygen atoms in total. The minimum atomic E-state index is -0.487. The maximum Gasteiger partial charge on any atom is 0.244 e. The lowest BCUT2D eigenvalue weighted by Gasteiger charge is -2.28. The van der Waals surface area contributed by atoms with Gasteiger partial charge in [-0.1, -0.05) is 24.3 Å². The first kappa shape index (κ1) is 20.5. The van der Waals surface area contributed by atoms with Crippen molar-refractivity contribution in [2.75, 3.05) is 11.6 Å². The highest BCUT2D eigenvalue weighted by atomic mass is 32.2. The number of hydrogen-bond donors (Lipinski definition) is 1. The number of nitrogens with one attached hydrogen (secondary N) is 1. The van der Waals surface area contributed by atoms with E-state index in [4.69, 9.17) is 0 Å². The lowest BCUT2D eigenvalue weighted by Crippen LogP contribution is -2.52. The number of pyridine rings is 1. The minimum absolute atomic E-state index is 0.0379. The SMILES string of the molecule is CC(C)(C)NC(=O)C1CSCN1C(=O)Cn1c2ccccc2c(=O)c2ccccc21. The van der Waals surface area contributed by atoms with E-state index >= 15 is 0 Å². The number of thioether (sulfide) groups is 1. The van der Waals surface area contributed by atoms with Crippen molar-refractivity contribution in [1.82, 2.24) is 14.8 Å². The van der Waals surface area contributed by atoms with Crippen molar-refractivity contribution in [3.8, 4) is 0 Å². The number of benzene rings is 2. The van der Waals surface area contributed by atoms with E-state index in [1.165, 1.54) is 0 Å². The number of aromatic nitrogens is 1. The molecule has 1 aliphatic heterocycles. The van der Waals surface area contributed by atoms with Gasteiger partial charge in [0.05, 0.1) is 16.9 Å². The van der Waals surface area contributed by atoms with Crippen LogP contribution in [0.4, 0.5) is 0 Å². The molecule has 1 aliphatic rings. The van der Waals surface area contributed by atoms with E-state index in [0.29, 0.717) is 22.4 Å². The monoisotopic (exact) mass is 423 g/mol. The molecule has 2 amide bonds. The van der Waals surface area contributed by atoms with E-state index in [9.17, 15) is 14.4 Å². The third kappa shape index (κ3) is 3.81. The molecule has 0 aliphatic carbocycles. The first-order valence-electron chi connectivity index (χ1n) is 9.96. The summed E-state index contributed by atoms with van der Waals surface area (Å²) in [5.74, 6) is 0.805. The highest BCUT2D eigenvalue weighted by Crippen LogP contribution is 2.24. The van der Waals surface area contributed by atoms with Crippen LogP contribution < -0.4 is 10.7 Å². The van der Waals surface area contributed by atoms with Crippen LogP contribution in [0, 0.1) is 0 Å². The van der Waals surface area contributed by atoms with E-state index in [1.54, 1.807) is 28.8 Å². The van der Waals surface area contributed by atoms with Gasteiger partial charge in [0.1, 0.15) is 12.6 Å². The topological polar surface area (TPSA) is 71.4 Å². The fourth-order valence-electron chi connectivity index (χ4n) is 3.83. The molecule has 156 valence electrons. The number of carbonyl (C=O) groups excluding carboxylic acids is 2. The molecular weight excluding hydrogens is 398 g/mol. The van der Waals surface area contributed by atoms with Gasteiger partial charge in [0, 0.05) is 22.1 Å². The maximum absolute atomic E-state index is 13.3. The Kier molecular flexibility index (Phi) is 5.32. The zero-order valence-electron chi connectivity index (χ0n) is 17.3. The van der Waals surface area contributed by atoms with E-state index in [-0.39, 0.29) is 29.3 Å². The number of rotatable bonds is 3. The molecule has 1 atom stereocenters. The Bertz CT molecular complexity index is 1140. The first-order chi connectivity index (χ1) is 14.3. The van der Waals surface area contributed by atoms with Gasteiger partial charge in [-0.05, 0) is 45.0 Å². The van der Waals surface area contributed by atoms with E-state index in [0.717, 1.165) is 11.0 Å². The van der Waals surface area contributed by atoms with Gasteiger partial charge >= 0.3 is 0 Å². The zero-order chi connectivity index (χ0) is 21.5. The summed E-state index contributed by atoms with van der Waals surface area (Å²) < 4.78 is 1.89. The highest BCUT2D eigenvalue weighted by Gasteiger charge is 2.36. The molecule has 1 fully saturated rings. The smallest absolute Gasteiger partial charge is 0.244 e. The number of fused-ring (bicyclic) bond motifs is 2. The second-order valence-electron chi connectivity index (χ2n) is 8.57. The van der Waals surface area contributed by atoms with Gasteiger partial charge in [-0.2, -0.15) is 0 Å². The minimum Gasteiger partial charge on any atom is -0.350 e. The quantitative estimate of drug-likeness (QED) is 0.658. The molecular formula is C23H25N3O3S. The molecule has 0 radical (unpaired) electrons. The molecule has 30 heavy (non-hydrogen) atoms. The molecule has 1 unspecified atom stereocenters. The molecule has 1 N–H and O–H groups in total. The fraction of sp³-hybridized carbons (Fsp3) is 0.348. The first-order valence-corrected chi connectivity index (χ1v) is 11.1. The number of amides is 2. The van der Waals surface area contributed by atoms with E-state index in [1.807, 2.05) is 61.7 Å². The normalized spacial score (nSPS) is 16.9. The van der Waals surface area contributed by atoms with Crippen LogP contribution in [0.1, 0.15) is 20.8 Å². The predicted octanol–water partition coefficient (Wildman–Crippen LogP) is 2.97. The summed E-state index contributed by atoms with van der Waals surface area (Å²) in [7, 11) is 0. The molecule has 7 heteroatoms. The Morgan fingerprint density at radius 2 is 1.60 bits per heavy atom. The van der Waals surface area contributed by atoms with Gasteiger partial charge in [-0.15, -0.1) is 11.8 Å². The Labute approximate surface area is 179 Å². The van der Waals surface area contributed by atoms with Crippen molar-refractivity contribution in [2.24, 2.45) is 0 Å². The van der Waals surface area contributed by atoms with Gasteiger partial charge in [0.25, 0.3) is 0 Å². The highest BCUT2D eigenvalue weighted by molar-refractivity contribution is 7.99. The fourth-order valence-corrected chi connectivity index (χ4v) is 5.01. The van der Waals surface area contributed by atoms with Crippen molar-refractivity contribution < 1.29 is 9.59 Å². The van der Waals surface area contributed by atoms with Crippen LogP contribution >= 0.6 is 11.8 Å². The van der Waals surface area contributed by atoms with Gasteiger partial charge in [-0.3, -0.25) is 14.4 Å². The van der Waals surface area contributed by atoms with Crippen molar-refractivity contribution >= 4 is 45.4 Å². The predicted molar refractivity (Wildman–Crippen MR) is 122 cm³/mol. The lowest BCUT2D eigenvalue weighted by molar-refractivity contribution is -0.139. The van der Waals surface area contributed by atoms with Crippen molar-refractivity contribution in [1.29, 1.82) is 0 Å². The van der Waals surface area contributed by atoms with Gasteiger partial charge in [-0.25, -0.2) is 0 Å². The molecule has 1 aromatic heterocycles. The van der Waals surface area contributed by atoms with Gasteiger partial charge < -0.3 is 14.8 Å². The number of hydrogen-bond acceptors (Lipinski definition) is 4. The van der Waals surface area contributed by atoms with Crippen molar-refractivity contribution in [3.05, 3.63) is 58.8 Å². The molecule has 0 saturated carbocycles. The molecule has 0 bridgehead atoms. The molecule has 2 aromatic carbocycles. The average Bonchev–Trinajstić information content (AvgIpc) is 3.20. The van der Waals surface area contributed by atoms with Crippen LogP contribution in [0.3, 0.4) is 0 Å². The molecule has 3 aromatic rings. The Morgan fingerprint density at radius 1 is 1.03 bits per heavy atom. The van der Waals surface area contributed by atoms with Crippen molar-refractivity contribution in [2.45, 2.75) is 38.9 Å². The second kappa shape index (κ2) is 7.80. The number of para-hydroxylation sites is 2. The largest absolute Gasteiger partial charge is 0.350 e. The van der Waals surface area contributed by atoms with Crippen LogP contribution in [0.25, 0.3) is 21.8 Å². The molecule has 4 rings (SSSR count). The standard InChI is InChI=1S/C23H25N3O3S/c1-23(2,3)24-22(29)19-13-30-14-26(19)20(27)12-25-17-10-6-4-8-15(17)21(28)16-9-5-7-11-18(16)25/h4-11,19H,12-14H2,1-3H3,(H,24,29). The summed E-state index contributed by atoms with van der Waals surface area (Å²) in [6, 6.07) is 14.2. The maximum atomic E-state index is 13.3. The van der Waals surface area contributed by atoms with E-state index in [2.05, 4.69) is 5.32 Å². The summed E-state index contributed by atoms with van der Waals surface area (Å²) >= 11 is 1.58. The van der Waals surface area contributed by atoms with Crippen LogP contribution in [-0.4, -0.2) is 44.5 Å². The summed E-state index contributed by atoms with van der Waals surface area (Å²) in [6.07, 6.45) is 0. The molecule has 0 spiro atoms. The van der Waals surface area contributed by atoms with Gasteiger partial charge in [0.15, 0.2) is 5.43 Å². The molecule has 1 saturated heterocycles. The number of nitrogens with zero attached hydrogens (tertiary/aromatic N) is 2. The third-order valence-electron chi connectivity index (χ3n) is 5.18. The summed E-state index contributed by atoms with van der Waals surface area (Å²) in [6.45, 7) is 5.86. The number of carbonyl (C=O) groups is 2. The van der Waals surface area contributed by atoms with Crippen LogP contribution in [0.2, 0.25) is 0 Å². The van der Waals surface area contributed by atoms with Crippen LogP contribution in [-0.2, 0) is 16.1 Å². The Morgan fingerprint density at radius 3 is 2.17 bits per heavy atom. The summed E-state index contributed by atoms with van der Waals surface area (Å²) in [5, 5.41) is 4.15. The second-order valence-corrected chi connectivity index (χ2v) is 9.57. The van der Waals surface area contributed by atoms with Crippen LogP contribution in [0.15, 0.2) is 53.3 Å². The average molecular weight is 424 g/mol.